The van der Waals surface area contributed by atoms with Gasteiger partial charge < -0.3 is 9.31 Å². The summed E-state index contributed by atoms with van der Waals surface area (Å²) in [4.78, 5) is 12.4. The van der Waals surface area contributed by atoms with Crippen molar-refractivity contribution in [1.29, 1.82) is 0 Å². The standard InChI is InChI=1S/C19H21BO3/c1-18(2)19(3,4)23-20(22-18)16-12-10-15(11-13-16)17(21)14-8-6-5-7-9-14/h5-13H,1-4H3. The van der Waals surface area contributed by atoms with Crippen LogP contribution in [0.3, 0.4) is 0 Å². The summed E-state index contributed by atoms with van der Waals surface area (Å²) in [6.07, 6.45) is 0. The second-order valence-corrected chi connectivity index (χ2v) is 6.91. The second kappa shape index (κ2) is 5.62. The molecule has 0 amide bonds. The molecule has 4 heteroatoms. The molecule has 1 aliphatic rings. The summed E-state index contributed by atoms with van der Waals surface area (Å²) in [5.74, 6) is 0.0195. The average Bonchev–Trinajstić information content (AvgIpc) is 2.76. The zero-order valence-electron chi connectivity index (χ0n) is 14.0. The Morgan fingerprint density at radius 1 is 0.783 bits per heavy atom. The van der Waals surface area contributed by atoms with Crippen LogP contribution < -0.4 is 5.46 Å². The molecule has 0 N–H and O–H groups in total. The first-order chi connectivity index (χ1) is 10.8. The molecule has 3 nitrogen and oxygen atoms in total. The summed E-state index contributed by atoms with van der Waals surface area (Å²) in [7, 11) is -0.402. The number of carbonyl (C=O) groups excluding carboxylic acids is 1. The molecular weight excluding hydrogens is 287 g/mol. The largest absolute Gasteiger partial charge is 0.494 e. The third-order valence-electron chi connectivity index (χ3n) is 4.73. The van der Waals surface area contributed by atoms with E-state index in [1.54, 1.807) is 0 Å². The van der Waals surface area contributed by atoms with Gasteiger partial charge in [0, 0.05) is 11.1 Å². The lowest BCUT2D eigenvalue weighted by Crippen LogP contribution is -2.41. The molecule has 0 aromatic heterocycles. The lowest BCUT2D eigenvalue weighted by molar-refractivity contribution is 0.00578. The molecule has 2 aromatic carbocycles. The van der Waals surface area contributed by atoms with Crippen LogP contribution in [0.2, 0.25) is 0 Å². The maximum absolute atomic E-state index is 12.4. The highest BCUT2D eigenvalue weighted by Gasteiger charge is 2.51. The molecular formula is C19H21BO3. The molecule has 0 saturated carbocycles. The van der Waals surface area contributed by atoms with E-state index in [1.165, 1.54) is 0 Å². The molecule has 0 atom stereocenters. The topological polar surface area (TPSA) is 35.5 Å². The molecule has 0 aliphatic carbocycles. The van der Waals surface area contributed by atoms with Crippen molar-refractivity contribution in [3.05, 3.63) is 65.7 Å². The number of rotatable bonds is 3. The molecule has 0 spiro atoms. The lowest BCUT2D eigenvalue weighted by atomic mass is 9.78. The van der Waals surface area contributed by atoms with Crippen LogP contribution in [-0.2, 0) is 9.31 Å². The molecule has 1 fully saturated rings. The van der Waals surface area contributed by atoms with Gasteiger partial charge >= 0.3 is 7.12 Å². The van der Waals surface area contributed by atoms with Gasteiger partial charge in [-0.05, 0) is 33.2 Å². The number of benzene rings is 2. The van der Waals surface area contributed by atoms with Crippen LogP contribution in [-0.4, -0.2) is 24.1 Å². The van der Waals surface area contributed by atoms with Gasteiger partial charge in [-0.2, -0.15) is 0 Å². The number of ketones is 1. The molecule has 118 valence electrons. The summed E-state index contributed by atoms with van der Waals surface area (Å²) < 4.78 is 12.1. The zero-order valence-corrected chi connectivity index (χ0v) is 14.0. The van der Waals surface area contributed by atoms with Gasteiger partial charge in [-0.1, -0.05) is 54.6 Å². The zero-order chi connectivity index (χ0) is 16.7. The first-order valence-electron chi connectivity index (χ1n) is 7.85. The predicted molar refractivity (Wildman–Crippen MR) is 92.0 cm³/mol. The Labute approximate surface area is 137 Å². The van der Waals surface area contributed by atoms with Crippen molar-refractivity contribution in [2.45, 2.75) is 38.9 Å². The van der Waals surface area contributed by atoms with Crippen molar-refractivity contribution in [3.63, 3.8) is 0 Å². The SMILES string of the molecule is CC1(C)OB(c2ccc(C(=O)c3ccccc3)cc2)OC1(C)C. The Balaban J connectivity index is 1.80. The summed E-state index contributed by atoms with van der Waals surface area (Å²) in [6.45, 7) is 8.11. The quantitative estimate of drug-likeness (QED) is 0.645. The van der Waals surface area contributed by atoms with Crippen LogP contribution in [0.4, 0.5) is 0 Å². The second-order valence-electron chi connectivity index (χ2n) is 6.91. The minimum atomic E-state index is -0.402. The summed E-state index contributed by atoms with van der Waals surface area (Å²) in [5.41, 5.74) is 1.55. The Kier molecular flexibility index (Phi) is 3.90. The fourth-order valence-corrected chi connectivity index (χ4v) is 2.53. The lowest BCUT2D eigenvalue weighted by Gasteiger charge is -2.32. The van der Waals surface area contributed by atoms with Crippen LogP contribution in [0.25, 0.3) is 0 Å². The van der Waals surface area contributed by atoms with Crippen molar-refractivity contribution >= 4 is 18.4 Å². The van der Waals surface area contributed by atoms with E-state index in [0.29, 0.717) is 11.1 Å². The van der Waals surface area contributed by atoms with Gasteiger partial charge in [-0.3, -0.25) is 4.79 Å². The Hall–Kier alpha value is -1.91. The molecule has 0 unspecified atom stereocenters. The molecule has 1 aliphatic heterocycles. The van der Waals surface area contributed by atoms with Gasteiger partial charge in [-0.25, -0.2) is 0 Å². The molecule has 0 radical (unpaired) electrons. The first kappa shape index (κ1) is 16.0. The monoisotopic (exact) mass is 308 g/mol. The summed E-state index contributed by atoms with van der Waals surface area (Å²) >= 11 is 0. The van der Waals surface area contributed by atoms with Gasteiger partial charge in [0.1, 0.15) is 0 Å². The maximum Gasteiger partial charge on any atom is 0.494 e. The van der Waals surface area contributed by atoms with Gasteiger partial charge in [0.2, 0.25) is 0 Å². The normalized spacial score (nSPS) is 18.9. The van der Waals surface area contributed by atoms with Crippen LogP contribution in [0.5, 0.6) is 0 Å². The van der Waals surface area contributed by atoms with Crippen molar-refractivity contribution in [2.75, 3.05) is 0 Å². The highest BCUT2D eigenvalue weighted by atomic mass is 16.7. The Bertz CT molecular complexity index is 689. The van der Waals surface area contributed by atoms with E-state index in [2.05, 4.69) is 0 Å². The minimum Gasteiger partial charge on any atom is -0.399 e. The first-order valence-corrected chi connectivity index (χ1v) is 7.85. The van der Waals surface area contributed by atoms with Crippen molar-refractivity contribution in [2.24, 2.45) is 0 Å². The van der Waals surface area contributed by atoms with Crippen LogP contribution in [0.1, 0.15) is 43.6 Å². The predicted octanol–water partition coefficient (Wildman–Crippen LogP) is 3.22. The Morgan fingerprint density at radius 2 is 1.26 bits per heavy atom. The van der Waals surface area contributed by atoms with Crippen molar-refractivity contribution in [3.8, 4) is 0 Å². The highest BCUT2D eigenvalue weighted by Crippen LogP contribution is 2.36. The summed E-state index contributed by atoms with van der Waals surface area (Å²) in [6, 6.07) is 16.7. The van der Waals surface area contributed by atoms with Crippen molar-refractivity contribution < 1.29 is 14.1 Å². The van der Waals surface area contributed by atoms with Crippen LogP contribution >= 0.6 is 0 Å². The number of hydrogen-bond donors (Lipinski definition) is 0. The van der Waals surface area contributed by atoms with Gasteiger partial charge in [-0.15, -0.1) is 0 Å². The number of hydrogen-bond acceptors (Lipinski definition) is 3. The smallest absolute Gasteiger partial charge is 0.399 e. The van der Waals surface area contributed by atoms with Gasteiger partial charge in [0.05, 0.1) is 11.2 Å². The van der Waals surface area contributed by atoms with E-state index in [-0.39, 0.29) is 17.0 Å². The minimum absolute atomic E-state index is 0.0195. The maximum atomic E-state index is 12.4. The van der Waals surface area contributed by atoms with E-state index < -0.39 is 7.12 Å². The van der Waals surface area contributed by atoms with E-state index in [4.69, 9.17) is 9.31 Å². The fourth-order valence-electron chi connectivity index (χ4n) is 2.53. The molecule has 3 rings (SSSR count). The van der Waals surface area contributed by atoms with E-state index >= 15 is 0 Å². The molecule has 1 heterocycles. The van der Waals surface area contributed by atoms with Gasteiger partial charge in [0.25, 0.3) is 0 Å². The molecule has 2 aromatic rings. The Morgan fingerprint density at radius 3 is 1.78 bits per heavy atom. The van der Waals surface area contributed by atoms with Crippen molar-refractivity contribution in [1.82, 2.24) is 0 Å². The van der Waals surface area contributed by atoms with Crippen LogP contribution in [0.15, 0.2) is 54.6 Å². The molecule has 23 heavy (non-hydrogen) atoms. The third kappa shape index (κ3) is 2.97. The number of carbonyl (C=O) groups is 1. The van der Waals surface area contributed by atoms with E-state index in [1.807, 2.05) is 82.3 Å². The van der Waals surface area contributed by atoms with Gasteiger partial charge in [0.15, 0.2) is 5.78 Å². The van der Waals surface area contributed by atoms with E-state index in [9.17, 15) is 4.79 Å². The van der Waals surface area contributed by atoms with E-state index in [0.717, 1.165) is 5.46 Å². The van der Waals surface area contributed by atoms with Crippen LogP contribution in [0, 0.1) is 0 Å². The summed E-state index contributed by atoms with van der Waals surface area (Å²) in [5, 5.41) is 0. The average molecular weight is 308 g/mol. The molecule has 1 saturated heterocycles. The highest BCUT2D eigenvalue weighted by molar-refractivity contribution is 6.62. The fraction of sp³-hybridized carbons (Fsp3) is 0.316. The third-order valence-corrected chi connectivity index (χ3v) is 4.73. The molecule has 0 bridgehead atoms.